The first kappa shape index (κ1) is 17.5. The molecule has 0 amide bonds. The lowest BCUT2D eigenvalue weighted by atomic mass is 10.1. The van der Waals surface area contributed by atoms with Gasteiger partial charge in [-0.1, -0.05) is 45.2 Å². The van der Waals surface area contributed by atoms with Crippen LogP contribution in [-0.4, -0.2) is 24.2 Å². The molecule has 0 saturated heterocycles. The SMILES string of the molecule is CCCCCCN(CC(C)C(=O)O)c1cc(C)ccc1C. The lowest BCUT2D eigenvalue weighted by Gasteiger charge is -2.28. The number of aryl methyl sites for hydroxylation is 2. The minimum absolute atomic E-state index is 0.351. The van der Waals surface area contributed by atoms with Crippen LogP contribution < -0.4 is 4.90 Å². The molecule has 1 aromatic carbocycles. The predicted molar refractivity (Wildman–Crippen MR) is 89.1 cm³/mol. The molecule has 0 bridgehead atoms. The minimum Gasteiger partial charge on any atom is -0.481 e. The van der Waals surface area contributed by atoms with Gasteiger partial charge in [0.05, 0.1) is 5.92 Å². The van der Waals surface area contributed by atoms with Crippen molar-refractivity contribution >= 4 is 11.7 Å². The summed E-state index contributed by atoms with van der Waals surface area (Å²) in [7, 11) is 0. The van der Waals surface area contributed by atoms with E-state index in [1.54, 1.807) is 6.92 Å². The molecule has 0 saturated carbocycles. The number of hydrogen-bond donors (Lipinski definition) is 1. The minimum atomic E-state index is -0.723. The molecular weight excluding hydrogens is 262 g/mol. The highest BCUT2D eigenvalue weighted by Gasteiger charge is 2.17. The molecule has 1 atom stereocenters. The van der Waals surface area contributed by atoms with Gasteiger partial charge in [-0.3, -0.25) is 4.79 Å². The number of carboxylic acids is 1. The Balaban J connectivity index is 2.84. The highest BCUT2D eigenvalue weighted by molar-refractivity contribution is 5.70. The summed E-state index contributed by atoms with van der Waals surface area (Å²) in [4.78, 5) is 13.4. The molecule has 1 N–H and O–H groups in total. The van der Waals surface area contributed by atoms with Crippen molar-refractivity contribution in [1.29, 1.82) is 0 Å². The summed E-state index contributed by atoms with van der Waals surface area (Å²) in [6.45, 7) is 9.67. The number of unbranched alkanes of at least 4 members (excludes halogenated alkanes) is 3. The van der Waals surface area contributed by atoms with Crippen molar-refractivity contribution in [2.24, 2.45) is 5.92 Å². The molecule has 0 aliphatic heterocycles. The average molecular weight is 291 g/mol. The summed E-state index contributed by atoms with van der Waals surface area (Å²) >= 11 is 0. The van der Waals surface area contributed by atoms with Crippen molar-refractivity contribution in [3.63, 3.8) is 0 Å². The second kappa shape index (κ2) is 8.71. The third-order valence-electron chi connectivity index (χ3n) is 3.90. The molecule has 21 heavy (non-hydrogen) atoms. The van der Waals surface area contributed by atoms with Gasteiger partial charge in [0.2, 0.25) is 0 Å². The van der Waals surface area contributed by atoms with Gasteiger partial charge in [0, 0.05) is 18.8 Å². The van der Waals surface area contributed by atoms with E-state index in [9.17, 15) is 9.90 Å². The van der Waals surface area contributed by atoms with Crippen molar-refractivity contribution in [2.75, 3.05) is 18.0 Å². The molecule has 0 aliphatic rings. The smallest absolute Gasteiger partial charge is 0.308 e. The second-order valence-electron chi connectivity index (χ2n) is 6.04. The lowest BCUT2D eigenvalue weighted by molar-refractivity contribution is -0.140. The Bertz CT molecular complexity index is 457. The molecule has 0 heterocycles. The largest absolute Gasteiger partial charge is 0.481 e. The maximum Gasteiger partial charge on any atom is 0.308 e. The van der Waals surface area contributed by atoms with Gasteiger partial charge in [0.15, 0.2) is 0 Å². The average Bonchev–Trinajstić information content (AvgIpc) is 2.44. The normalized spacial score (nSPS) is 12.2. The van der Waals surface area contributed by atoms with Crippen molar-refractivity contribution in [2.45, 2.75) is 53.4 Å². The highest BCUT2D eigenvalue weighted by Crippen LogP contribution is 2.23. The fourth-order valence-electron chi connectivity index (χ4n) is 2.51. The Morgan fingerprint density at radius 3 is 2.57 bits per heavy atom. The van der Waals surface area contributed by atoms with Crippen molar-refractivity contribution in [3.05, 3.63) is 29.3 Å². The van der Waals surface area contributed by atoms with E-state index in [4.69, 9.17) is 0 Å². The molecule has 0 fully saturated rings. The zero-order valence-corrected chi connectivity index (χ0v) is 13.9. The van der Waals surface area contributed by atoms with Crippen LogP contribution in [0.2, 0.25) is 0 Å². The van der Waals surface area contributed by atoms with Gasteiger partial charge in [-0.15, -0.1) is 0 Å². The molecular formula is C18H29NO2. The van der Waals surface area contributed by atoms with E-state index in [1.807, 2.05) is 0 Å². The van der Waals surface area contributed by atoms with Crippen molar-refractivity contribution in [3.8, 4) is 0 Å². The van der Waals surface area contributed by atoms with E-state index < -0.39 is 5.97 Å². The molecule has 1 rings (SSSR count). The molecule has 0 spiro atoms. The molecule has 3 nitrogen and oxygen atoms in total. The first-order valence-corrected chi connectivity index (χ1v) is 8.00. The Kier molecular flexibility index (Phi) is 7.27. The van der Waals surface area contributed by atoms with E-state index in [1.165, 1.54) is 36.1 Å². The third kappa shape index (κ3) is 5.78. The number of rotatable bonds is 9. The van der Waals surface area contributed by atoms with Crippen LogP contribution in [-0.2, 0) is 4.79 Å². The number of carbonyl (C=O) groups is 1. The number of benzene rings is 1. The van der Waals surface area contributed by atoms with Crippen LogP contribution in [0.4, 0.5) is 5.69 Å². The lowest BCUT2D eigenvalue weighted by Crippen LogP contribution is -2.33. The predicted octanol–water partition coefficient (Wildman–Crippen LogP) is 4.41. The summed E-state index contributed by atoms with van der Waals surface area (Å²) < 4.78 is 0. The number of hydrogen-bond acceptors (Lipinski definition) is 2. The number of aliphatic carboxylic acids is 1. The maximum atomic E-state index is 11.2. The monoisotopic (exact) mass is 291 g/mol. The molecule has 3 heteroatoms. The fraction of sp³-hybridized carbons (Fsp3) is 0.611. The van der Waals surface area contributed by atoms with Crippen LogP contribution in [0.1, 0.15) is 50.7 Å². The third-order valence-corrected chi connectivity index (χ3v) is 3.90. The van der Waals surface area contributed by atoms with Gasteiger partial charge in [-0.2, -0.15) is 0 Å². The van der Waals surface area contributed by atoms with E-state index >= 15 is 0 Å². The molecule has 1 aromatic rings. The van der Waals surface area contributed by atoms with Crippen LogP contribution >= 0.6 is 0 Å². The summed E-state index contributed by atoms with van der Waals surface area (Å²) in [5, 5.41) is 9.18. The van der Waals surface area contributed by atoms with Gasteiger partial charge in [0.1, 0.15) is 0 Å². The van der Waals surface area contributed by atoms with E-state index in [0.29, 0.717) is 6.54 Å². The van der Waals surface area contributed by atoms with Gasteiger partial charge in [-0.05, 0) is 37.5 Å². The van der Waals surface area contributed by atoms with Crippen LogP contribution in [0.25, 0.3) is 0 Å². The maximum absolute atomic E-state index is 11.2. The highest BCUT2D eigenvalue weighted by atomic mass is 16.4. The van der Waals surface area contributed by atoms with Crippen LogP contribution in [0.5, 0.6) is 0 Å². The first-order chi connectivity index (χ1) is 9.95. The molecule has 0 radical (unpaired) electrons. The van der Waals surface area contributed by atoms with Crippen LogP contribution in [0.15, 0.2) is 18.2 Å². The Labute approximate surface area is 129 Å². The fourth-order valence-corrected chi connectivity index (χ4v) is 2.51. The van der Waals surface area contributed by atoms with Gasteiger partial charge < -0.3 is 10.0 Å². The van der Waals surface area contributed by atoms with Crippen molar-refractivity contribution < 1.29 is 9.90 Å². The Hall–Kier alpha value is -1.51. The van der Waals surface area contributed by atoms with E-state index in [0.717, 1.165) is 13.0 Å². The summed E-state index contributed by atoms with van der Waals surface area (Å²) in [5.74, 6) is -1.07. The second-order valence-corrected chi connectivity index (χ2v) is 6.04. The molecule has 118 valence electrons. The van der Waals surface area contributed by atoms with Gasteiger partial charge >= 0.3 is 5.97 Å². The first-order valence-electron chi connectivity index (χ1n) is 8.00. The zero-order valence-electron chi connectivity index (χ0n) is 13.9. The topological polar surface area (TPSA) is 40.5 Å². The van der Waals surface area contributed by atoms with Gasteiger partial charge in [-0.25, -0.2) is 0 Å². The molecule has 0 aromatic heterocycles. The number of nitrogens with zero attached hydrogens (tertiary/aromatic N) is 1. The van der Waals surface area contributed by atoms with Gasteiger partial charge in [0.25, 0.3) is 0 Å². The summed E-state index contributed by atoms with van der Waals surface area (Å²) in [6, 6.07) is 6.40. The van der Waals surface area contributed by atoms with Crippen LogP contribution in [0.3, 0.4) is 0 Å². The summed E-state index contributed by atoms with van der Waals surface area (Å²) in [6.07, 6.45) is 4.79. The quantitative estimate of drug-likeness (QED) is 0.685. The zero-order chi connectivity index (χ0) is 15.8. The number of anilines is 1. The number of carboxylic acid groups (broad SMARTS) is 1. The molecule has 0 aliphatic carbocycles. The summed E-state index contributed by atoms with van der Waals surface area (Å²) in [5.41, 5.74) is 3.62. The van der Waals surface area contributed by atoms with E-state index in [-0.39, 0.29) is 5.92 Å². The van der Waals surface area contributed by atoms with Crippen LogP contribution in [0, 0.1) is 19.8 Å². The Morgan fingerprint density at radius 1 is 1.24 bits per heavy atom. The van der Waals surface area contributed by atoms with E-state index in [2.05, 4.69) is 43.9 Å². The molecule has 1 unspecified atom stereocenters. The Morgan fingerprint density at radius 2 is 1.95 bits per heavy atom. The van der Waals surface area contributed by atoms with Crippen molar-refractivity contribution in [1.82, 2.24) is 0 Å². The standard InChI is InChI=1S/C18H29NO2/c1-5-6-7-8-11-19(13-16(4)18(20)21)17-12-14(2)9-10-15(17)3/h9-10,12,16H,5-8,11,13H2,1-4H3,(H,20,21).